The third-order valence-electron chi connectivity index (χ3n) is 3.12. The molecule has 1 aliphatic heterocycles. The van der Waals surface area contributed by atoms with E-state index in [2.05, 4.69) is 10.1 Å². The highest BCUT2D eigenvalue weighted by atomic mass is 19.4. The van der Waals surface area contributed by atoms with Crippen molar-refractivity contribution in [3.63, 3.8) is 0 Å². The van der Waals surface area contributed by atoms with Crippen LogP contribution < -0.4 is 10.1 Å². The minimum atomic E-state index is -4.81. The highest BCUT2D eigenvalue weighted by Crippen LogP contribution is 2.40. The van der Waals surface area contributed by atoms with Crippen LogP contribution in [-0.2, 0) is 0 Å². The lowest BCUT2D eigenvalue weighted by atomic mass is 9.93. The van der Waals surface area contributed by atoms with E-state index in [-0.39, 0.29) is 18.6 Å². The maximum Gasteiger partial charge on any atom is 0.429 e. The summed E-state index contributed by atoms with van der Waals surface area (Å²) in [7, 11) is 0. The summed E-state index contributed by atoms with van der Waals surface area (Å²) in [6.07, 6.45) is -5.10. The lowest BCUT2D eigenvalue weighted by molar-refractivity contribution is -0.253. The molecule has 0 radical (unpaired) electrons. The summed E-state index contributed by atoms with van der Waals surface area (Å²) in [5.74, 6) is -5.45. The van der Waals surface area contributed by atoms with Gasteiger partial charge in [-0.15, -0.1) is 0 Å². The molecule has 1 heterocycles. The van der Waals surface area contributed by atoms with Crippen molar-refractivity contribution in [3.05, 3.63) is 29.6 Å². The highest BCUT2D eigenvalue weighted by molar-refractivity contribution is 5.28. The van der Waals surface area contributed by atoms with Gasteiger partial charge in [-0.05, 0) is 19.4 Å². The van der Waals surface area contributed by atoms with Crippen LogP contribution >= 0.6 is 0 Å². The van der Waals surface area contributed by atoms with E-state index in [4.69, 9.17) is 0 Å². The van der Waals surface area contributed by atoms with Crippen LogP contribution in [0.2, 0.25) is 0 Å². The van der Waals surface area contributed by atoms with Crippen molar-refractivity contribution in [1.82, 2.24) is 5.32 Å². The summed E-state index contributed by atoms with van der Waals surface area (Å²) >= 11 is 0. The van der Waals surface area contributed by atoms with E-state index in [0.29, 0.717) is 6.54 Å². The first kappa shape index (κ1) is 15.0. The van der Waals surface area contributed by atoms with Crippen LogP contribution in [0.1, 0.15) is 12.8 Å². The van der Waals surface area contributed by atoms with Crippen LogP contribution in [-0.4, -0.2) is 24.9 Å². The lowest BCUT2D eigenvalue weighted by Crippen LogP contribution is -2.59. The van der Waals surface area contributed by atoms with Crippen molar-refractivity contribution in [2.45, 2.75) is 24.6 Å². The second-order valence-corrected chi connectivity index (χ2v) is 4.57. The Bertz CT molecular complexity index is 472. The van der Waals surface area contributed by atoms with Gasteiger partial charge in [0.15, 0.2) is 17.4 Å². The third kappa shape index (κ3) is 2.70. The molecule has 2 rings (SSSR count). The van der Waals surface area contributed by atoms with Crippen LogP contribution in [0.3, 0.4) is 0 Å². The van der Waals surface area contributed by atoms with Gasteiger partial charge in [-0.2, -0.15) is 13.2 Å². The summed E-state index contributed by atoms with van der Waals surface area (Å²) in [5.41, 5.74) is -2.72. The molecule has 0 amide bonds. The molecule has 112 valence electrons. The molecule has 0 saturated carbocycles. The zero-order valence-electron chi connectivity index (χ0n) is 10.2. The Balaban J connectivity index is 2.39. The van der Waals surface area contributed by atoms with E-state index in [0.717, 1.165) is 0 Å². The number of hydrogen-bond donors (Lipinski definition) is 1. The third-order valence-corrected chi connectivity index (χ3v) is 3.12. The van der Waals surface area contributed by atoms with E-state index < -0.39 is 47.9 Å². The van der Waals surface area contributed by atoms with Gasteiger partial charge in [0.25, 0.3) is 0 Å². The number of ether oxygens (including phenoxy) is 1. The molecular formula is C12H11F6NO. The van der Waals surface area contributed by atoms with Crippen molar-refractivity contribution in [2.75, 3.05) is 13.1 Å². The Kier molecular flexibility index (Phi) is 3.86. The van der Waals surface area contributed by atoms with E-state index in [9.17, 15) is 26.3 Å². The number of nitrogens with one attached hydrogen (secondary N) is 1. The van der Waals surface area contributed by atoms with E-state index >= 15 is 0 Å². The standard InChI is InChI=1S/C12H11F6NO/c13-7-4-8(14)10(9(15)5-7)20-11(12(16,17)18)2-1-3-19-6-11/h4-5,19H,1-3,6H2. The molecule has 1 unspecified atom stereocenters. The molecule has 1 saturated heterocycles. The Morgan fingerprint density at radius 2 is 1.70 bits per heavy atom. The van der Waals surface area contributed by atoms with Crippen LogP contribution in [0.15, 0.2) is 12.1 Å². The largest absolute Gasteiger partial charge is 0.470 e. The van der Waals surface area contributed by atoms with Gasteiger partial charge in [0.05, 0.1) is 0 Å². The first-order valence-corrected chi connectivity index (χ1v) is 5.86. The first-order chi connectivity index (χ1) is 9.25. The van der Waals surface area contributed by atoms with Crippen molar-refractivity contribution in [3.8, 4) is 5.75 Å². The van der Waals surface area contributed by atoms with Gasteiger partial charge >= 0.3 is 6.18 Å². The molecular weight excluding hydrogens is 288 g/mol. The minimum absolute atomic E-state index is 0.143. The lowest BCUT2D eigenvalue weighted by Gasteiger charge is -2.39. The molecule has 0 spiro atoms. The average molecular weight is 299 g/mol. The van der Waals surface area contributed by atoms with Crippen molar-refractivity contribution >= 4 is 0 Å². The fraction of sp³-hybridized carbons (Fsp3) is 0.500. The number of alkyl halides is 3. The minimum Gasteiger partial charge on any atom is -0.470 e. The summed E-state index contributed by atoms with van der Waals surface area (Å²) in [6, 6.07) is 0.553. The number of halogens is 6. The Labute approximate surface area is 110 Å². The second kappa shape index (κ2) is 5.16. The monoisotopic (exact) mass is 299 g/mol. The predicted molar refractivity (Wildman–Crippen MR) is 57.8 cm³/mol. The smallest absolute Gasteiger partial charge is 0.429 e. The van der Waals surface area contributed by atoms with Gasteiger partial charge in [-0.1, -0.05) is 0 Å². The summed E-state index contributed by atoms with van der Waals surface area (Å²) < 4.78 is 83.7. The van der Waals surface area contributed by atoms with Gasteiger partial charge in [0.2, 0.25) is 5.60 Å². The van der Waals surface area contributed by atoms with Crippen molar-refractivity contribution in [1.29, 1.82) is 0 Å². The molecule has 8 heteroatoms. The number of hydrogen-bond acceptors (Lipinski definition) is 2. The molecule has 1 aliphatic rings. The average Bonchev–Trinajstić information content (AvgIpc) is 2.33. The van der Waals surface area contributed by atoms with E-state index in [1.807, 2.05) is 0 Å². The quantitative estimate of drug-likeness (QED) is 0.847. The molecule has 2 nitrogen and oxygen atoms in total. The SMILES string of the molecule is Fc1cc(F)c(OC2(C(F)(F)F)CCCNC2)c(F)c1. The fourth-order valence-corrected chi connectivity index (χ4v) is 2.09. The van der Waals surface area contributed by atoms with E-state index in [1.54, 1.807) is 0 Å². The maximum atomic E-state index is 13.4. The topological polar surface area (TPSA) is 21.3 Å². The van der Waals surface area contributed by atoms with E-state index in [1.165, 1.54) is 0 Å². The van der Waals surface area contributed by atoms with Gasteiger partial charge in [-0.3, -0.25) is 0 Å². The Hall–Kier alpha value is -1.44. The van der Waals surface area contributed by atoms with Gasteiger partial charge < -0.3 is 10.1 Å². The second-order valence-electron chi connectivity index (χ2n) is 4.57. The summed E-state index contributed by atoms with van der Waals surface area (Å²) in [6.45, 7) is -0.262. The maximum absolute atomic E-state index is 13.4. The molecule has 0 bridgehead atoms. The Morgan fingerprint density at radius 3 is 2.15 bits per heavy atom. The van der Waals surface area contributed by atoms with Crippen LogP contribution in [0.4, 0.5) is 26.3 Å². The predicted octanol–water partition coefficient (Wildman–Crippen LogP) is 3.17. The molecule has 1 fully saturated rings. The molecule has 1 atom stereocenters. The highest BCUT2D eigenvalue weighted by Gasteiger charge is 2.58. The normalized spacial score (nSPS) is 23.7. The molecule has 1 aromatic rings. The zero-order valence-corrected chi connectivity index (χ0v) is 10.2. The number of benzene rings is 1. The number of piperidine rings is 1. The van der Waals surface area contributed by atoms with Crippen LogP contribution in [0.5, 0.6) is 5.75 Å². The van der Waals surface area contributed by atoms with Crippen molar-refractivity contribution < 1.29 is 31.1 Å². The Morgan fingerprint density at radius 1 is 1.10 bits per heavy atom. The van der Waals surface area contributed by atoms with Gasteiger partial charge in [0.1, 0.15) is 5.82 Å². The van der Waals surface area contributed by atoms with Gasteiger partial charge in [-0.25, -0.2) is 13.2 Å². The van der Waals surface area contributed by atoms with Crippen LogP contribution in [0.25, 0.3) is 0 Å². The van der Waals surface area contributed by atoms with Crippen molar-refractivity contribution in [2.24, 2.45) is 0 Å². The summed E-state index contributed by atoms with van der Waals surface area (Å²) in [4.78, 5) is 0. The molecule has 1 aromatic carbocycles. The molecule has 1 N–H and O–H groups in total. The van der Waals surface area contributed by atoms with Gasteiger partial charge in [0, 0.05) is 18.7 Å². The zero-order chi connectivity index (χ0) is 15.0. The number of rotatable bonds is 2. The van der Waals surface area contributed by atoms with Crippen LogP contribution in [0, 0.1) is 17.5 Å². The fourth-order valence-electron chi connectivity index (χ4n) is 2.09. The molecule has 0 aromatic heterocycles. The molecule has 20 heavy (non-hydrogen) atoms. The summed E-state index contributed by atoms with van der Waals surface area (Å²) in [5, 5.41) is 2.49. The molecule has 0 aliphatic carbocycles. The first-order valence-electron chi connectivity index (χ1n) is 5.86.